The fourth-order valence-electron chi connectivity index (χ4n) is 0.949. The van der Waals surface area contributed by atoms with Crippen LogP contribution in [0.25, 0.3) is 0 Å². The quantitative estimate of drug-likeness (QED) is 0.861. The number of ether oxygens (including phenoxy) is 1. The van der Waals surface area contributed by atoms with E-state index in [-0.39, 0.29) is 11.8 Å². The van der Waals surface area contributed by atoms with Gasteiger partial charge in [-0.1, -0.05) is 6.07 Å². The number of aromatic carboxylic acids is 1. The second-order valence-electron chi connectivity index (χ2n) is 2.67. The predicted molar refractivity (Wildman–Crippen MR) is 52.1 cm³/mol. The summed E-state index contributed by atoms with van der Waals surface area (Å²) in [6.07, 6.45) is 1.02. The van der Waals surface area contributed by atoms with Gasteiger partial charge in [0.2, 0.25) is 0 Å². The molecule has 2 heterocycles. The first-order chi connectivity index (χ1) is 7.25. The average Bonchev–Trinajstić information content (AvgIpc) is 2.86. The van der Waals surface area contributed by atoms with Gasteiger partial charge in [-0.05, 0) is 11.4 Å². The van der Waals surface area contributed by atoms with Gasteiger partial charge >= 0.3 is 12.0 Å². The number of aromatic nitrogens is 1. The number of hydrogen-bond acceptors (Lipinski definition) is 5. The summed E-state index contributed by atoms with van der Waals surface area (Å²) in [5.74, 6) is -1.13. The second-order valence-corrected chi connectivity index (χ2v) is 3.70. The zero-order valence-electron chi connectivity index (χ0n) is 7.54. The van der Waals surface area contributed by atoms with Crippen molar-refractivity contribution in [2.75, 3.05) is 0 Å². The highest BCUT2D eigenvalue weighted by Gasteiger charge is 2.11. The maximum absolute atomic E-state index is 10.5. The van der Waals surface area contributed by atoms with Crippen molar-refractivity contribution in [1.29, 1.82) is 0 Å². The zero-order valence-corrected chi connectivity index (χ0v) is 8.36. The van der Waals surface area contributed by atoms with Gasteiger partial charge in [-0.25, -0.2) is 4.79 Å². The Bertz CT molecular complexity index is 448. The van der Waals surface area contributed by atoms with Gasteiger partial charge in [0.15, 0.2) is 5.69 Å². The lowest BCUT2D eigenvalue weighted by atomic mass is 10.5. The highest BCUT2D eigenvalue weighted by atomic mass is 32.1. The Hall–Kier alpha value is -1.82. The first-order valence-electron chi connectivity index (χ1n) is 4.09. The van der Waals surface area contributed by atoms with E-state index in [1.807, 2.05) is 17.5 Å². The maximum atomic E-state index is 10.5. The number of oxazole rings is 1. The third kappa shape index (κ3) is 2.35. The van der Waals surface area contributed by atoms with Crippen LogP contribution in [0.5, 0.6) is 6.08 Å². The van der Waals surface area contributed by atoms with Crippen LogP contribution in [0.15, 0.2) is 28.2 Å². The van der Waals surface area contributed by atoms with Crippen molar-refractivity contribution in [3.05, 3.63) is 34.3 Å². The third-order valence-corrected chi connectivity index (χ3v) is 2.47. The molecular weight excluding hydrogens is 218 g/mol. The summed E-state index contributed by atoms with van der Waals surface area (Å²) in [6, 6.07) is 3.81. The minimum absolute atomic E-state index is 0.0270. The molecule has 0 radical (unpaired) electrons. The van der Waals surface area contributed by atoms with Crippen LogP contribution in [0.2, 0.25) is 0 Å². The summed E-state index contributed by atoms with van der Waals surface area (Å²) in [7, 11) is 0. The summed E-state index contributed by atoms with van der Waals surface area (Å²) >= 11 is 1.54. The van der Waals surface area contributed by atoms with Gasteiger partial charge in [0.1, 0.15) is 12.9 Å². The molecule has 0 bridgehead atoms. The topological polar surface area (TPSA) is 72.6 Å². The van der Waals surface area contributed by atoms with E-state index < -0.39 is 5.97 Å². The van der Waals surface area contributed by atoms with Gasteiger partial charge in [-0.15, -0.1) is 11.3 Å². The van der Waals surface area contributed by atoms with Crippen molar-refractivity contribution in [2.24, 2.45) is 0 Å². The van der Waals surface area contributed by atoms with Crippen molar-refractivity contribution >= 4 is 17.3 Å². The molecule has 5 nitrogen and oxygen atoms in total. The van der Waals surface area contributed by atoms with Crippen LogP contribution in [0.1, 0.15) is 15.4 Å². The van der Waals surface area contributed by atoms with E-state index >= 15 is 0 Å². The van der Waals surface area contributed by atoms with E-state index in [2.05, 4.69) is 4.98 Å². The van der Waals surface area contributed by atoms with Gasteiger partial charge in [-0.2, -0.15) is 4.98 Å². The molecule has 1 N–H and O–H groups in total. The Kier molecular flexibility index (Phi) is 2.68. The molecule has 15 heavy (non-hydrogen) atoms. The summed E-state index contributed by atoms with van der Waals surface area (Å²) < 4.78 is 9.97. The molecule has 2 rings (SSSR count). The minimum Gasteiger partial charge on any atom is -0.476 e. The molecule has 2 aromatic rings. The lowest BCUT2D eigenvalue weighted by Gasteiger charge is -1.96. The smallest absolute Gasteiger partial charge is 0.394 e. The van der Waals surface area contributed by atoms with Crippen LogP contribution >= 0.6 is 11.3 Å². The molecule has 0 spiro atoms. The van der Waals surface area contributed by atoms with E-state index in [0.29, 0.717) is 6.61 Å². The highest BCUT2D eigenvalue weighted by Crippen LogP contribution is 2.14. The Labute approximate surface area is 88.9 Å². The summed E-state index contributed by atoms with van der Waals surface area (Å²) in [5, 5.41) is 10.5. The number of nitrogens with zero attached hydrogens (tertiary/aromatic N) is 1. The van der Waals surface area contributed by atoms with Gasteiger partial charge < -0.3 is 14.3 Å². The van der Waals surface area contributed by atoms with Crippen LogP contribution < -0.4 is 4.74 Å². The first kappa shape index (κ1) is 9.72. The standard InChI is InChI=1S/C9H7NO4S/c11-8(12)7-5-14-9(10-7)13-4-6-2-1-3-15-6/h1-3,5H,4H2,(H,11,12). The van der Waals surface area contributed by atoms with E-state index in [4.69, 9.17) is 14.3 Å². The molecule has 0 unspecified atom stereocenters. The highest BCUT2D eigenvalue weighted by molar-refractivity contribution is 7.09. The summed E-state index contributed by atoms with van der Waals surface area (Å²) in [5.41, 5.74) is -0.156. The van der Waals surface area contributed by atoms with Crippen LogP contribution in [0.4, 0.5) is 0 Å². The Balaban J connectivity index is 1.96. The van der Waals surface area contributed by atoms with Gasteiger partial charge in [-0.3, -0.25) is 0 Å². The first-order valence-corrected chi connectivity index (χ1v) is 4.97. The average molecular weight is 225 g/mol. The van der Waals surface area contributed by atoms with Crippen molar-refractivity contribution in [2.45, 2.75) is 6.61 Å². The number of carbonyl (C=O) groups is 1. The van der Waals surface area contributed by atoms with Crippen LogP contribution in [-0.4, -0.2) is 16.1 Å². The molecular formula is C9H7NO4S. The Morgan fingerprint density at radius 2 is 2.53 bits per heavy atom. The van der Waals surface area contributed by atoms with Crippen molar-refractivity contribution in [3.63, 3.8) is 0 Å². The third-order valence-electron chi connectivity index (χ3n) is 1.62. The molecule has 0 aliphatic carbocycles. The zero-order chi connectivity index (χ0) is 10.7. The van der Waals surface area contributed by atoms with Crippen molar-refractivity contribution < 1.29 is 19.1 Å². The molecule has 0 atom stereocenters. The Morgan fingerprint density at radius 1 is 1.67 bits per heavy atom. The van der Waals surface area contributed by atoms with Crippen LogP contribution in [-0.2, 0) is 6.61 Å². The van der Waals surface area contributed by atoms with Crippen molar-refractivity contribution in [3.8, 4) is 6.08 Å². The fraction of sp³-hybridized carbons (Fsp3) is 0.111. The molecule has 0 aliphatic heterocycles. The lowest BCUT2D eigenvalue weighted by molar-refractivity contribution is 0.0690. The molecule has 6 heteroatoms. The minimum atomic E-state index is -1.13. The lowest BCUT2D eigenvalue weighted by Crippen LogP contribution is -1.97. The second kappa shape index (κ2) is 4.14. The number of rotatable bonds is 4. The largest absolute Gasteiger partial charge is 0.476 e. The van der Waals surface area contributed by atoms with Crippen molar-refractivity contribution in [1.82, 2.24) is 4.98 Å². The number of carboxylic acid groups (broad SMARTS) is 1. The van der Waals surface area contributed by atoms with E-state index in [0.717, 1.165) is 11.1 Å². The number of carboxylic acids is 1. The van der Waals surface area contributed by atoms with Crippen LogP contribution in [0, 0.1) is 0 Å². The monoisotopic (exact) mass is 225 g/mol. The molecule has 0 amide bonds. The normalized spacial score (nSPS) is 10.1. The predicted octanol–water partition coefficient (Wildman–Crippen LogP) is 2.01. The molecule has 0 aliphatic rings. The number of hydrogen-bond donors (Lipinski definition) is 1. The van der Waals surface area contributed by atoms with E-state index in [1.165, 1.54) is 0 Å². The molecule has 0 saturated carbocycles. The van der Waals surface area contributed by atoms with Crippen LogP contribution in [0.3, 0.4) is 0 Å². The van der Waals surface area contributed by atoms with E-state index in [1.54, 1.807) is 11.3 Å². The summed E-state index contributed by atoms with van der Waals surface area (Å²) in [6.45, 7) is 0.331. The van der Waals surface area contributed by atoms with Gasteiger partial charge in [0.05, 0.1) is 0 Å². The van der Waals surface area contributed by atoms with Gasteiger partial charge in [0, 0.05) is 4.88 Å². The molecule has 0 aromatic carbocycles. The molecule has 78 valence electrons. The van der Waals surface area contributed by atoms with Gasteiger partial charge in [0.25, 0.3) is 0 Å². The van der Waals surface area contributed by atoms with E-state index in [9.17, 15) is 4.79 Å². The fourth-order valence-corrected chi connectivity index (χ4v) is 1.57. The molecule has 0 fully saturated rings. The molecule has 2 aromatic heterocycles. The maximum Gasteiger partial charge on any atom is 0.394 e. The molecule has 0 saturated heterocycles. The number of thiophene rings is 1. The SMILES string of the molecule is O=C(O)c1coc(OCc2cccs2)n1. The Morgan fingerprint density at radius 3 is 3.13 bits per heavy atom. The summed E-state index contributed by atoms with van der Waals surface area (Å²) in [4.78, 5) is 15.1.